The van der Waals surface area contributed by atoms with Gasteiger partial charge in [-0.15, -0.1) is 0 Å². The quantitative estimate of drug-likeness (QED) is 0.629. The zero-order chi connectivity index (χ0) is 10.1. The molecule has 14 heavy (non-hydrogen) atoms. The Balaban J connectivity index is 2.36. The molecule has 1 atom stereocenters. The summed E-state index contributed by atoms with van der Waals surface area (Å²) >= 11 is 0. The molecule has 1 heterocycles. The molecule has 2 amide bonds. The summed E-state index contributed by atoms with van der Waals surface area (Å²) in [6.07, 6.45) is 0.327. The van der Waals surface area contributed by atoms with Crippen molar-refractivity contribution in [1.29, 1.82) is 0 Å². The molecular formula is C11H11NO2. The number of carbonyl (C=O) groups excluding carboxylic acids is 2. The Morgan fingerprint density at radius 3 is 2.36 bits per heavy atom. The molecule has 0 aromatic heterocycles. The molecular weight excluding hydrogens is 178 g/mol. The molecule has 0 radical (unpaired) electrons. The van der Waals surface area contributed by atoms with Gasteiger partial charge in [-0.05, 0) is 12.1 Å². The standard InChI is InChI=1S/C11H11NO2/c1-8-7-10(13)12(11(8)14)9-5-3-2-4-6-9/h2-6,8H,7H2,1H3. The maximum atomic E-state index is 11.6. The minimum atomic E-state index is -0.178. The number of carbonyl (C=O) groups is 2. The average Bonchev–Trinajstić information content (AvgIpc) is 2.43. The zero-order valence-electron chi connectivity index (χ0n) is 7.93. The minimum absolute atomic E-state index is 0.0961. The third-order valence-electron chi connectivity index (χ3n) is 2.39. The van der Waals surface area contributed by atoms with Crippen molar-refractivity contribution < 1.29 is 9.59 Å². The summed E-state index contributed by atoms with van der Waals surface area (Å²) in [5.41, 5.74) is 0.673. The van der Waals surface area contributed by atoms with Crippen LogP contribution in [0.5, 0.6) is 0 Å². The molecule has 1 aliphatic rings. The molecule has 72 valence electrons. The first-order valence-electron chi connectivity index (χ1n) is 4.62. The predicted octanol–water partition coefficient (Wildman–Crippen LogP) is 1.59. The first-order chi connectivity index (χ1) is 6.70. The summed E-state index contributed by atoms with van der Waals surface area (Å²) in [4.78, 5) is 24.4. The molecule has 0 bridgehead atoms. The van der Waals surface area contributed by atoms with Crippen LogP contribution in [-0.4, -0.2) is 11.8 Å². The van der Waals surface area contributed by atoms with Crippen LogP contribution in [0, 0.1) is 5.92 Å². The highest BCUT2D eigenvalue weighted by atomic mass is 16.2. The highest BCUT2D eigenvalue weighted by molar-refractivity contribution is 6.20. The van der Waals surface area contributed by atoms with Gasteiger partial charge in [-0.1, -0.05) is 25.1 Å². The Kier molecular flexibility index (Phi) is 2.08. The van der Waals surface area contributed by atoms with Crippen LogP contribution < -0.4 is 4.90 Å². The van der Waals surface area contributed by atoms with Gasteiger partial charge in [-0.2, -0.15) is 0 Å². The Morgan fingerprint density at radius 2 is 1.86 bits per heavy atom. The van der Waals surface area contributed by atoms with Crippen LogP contribution in [0.25, 0.3) is 0 Å². The molecule has 0 spiro atoms. The number of hydrogen-bond acceptors (Lipinski definition) is 2. The van der Waals surface area contributed by atoms with E-state index in [1.54, 1.807) is 19.1 Å². The van der Waals surface area contributed by atoms with Crippen LogP contribution in [0.15, 0.2) is 30.3 Å². The van der Waals surface area contributed by atoms with Crippen LogP contribution in [-0.2, 0) is 9.59 Å². The maximum Gasteiger partial charge on any atom is 0.237 e. The van der Waals surface area contributed by atoms with Crippen molar-refractivity contribution in [3.8, 4) is 0 Å². The van der Waals surface area contributed by atoms with Crippen LogP contribution in [0.2, 0.25) is 0 Å². The summed E-state index contributed by atoms with van der Waals surface area (Å²) in [6, 6.07) is 9.04. The van der Waals surface area contributed by atoms with Gasteiger partial charge in [0, 0.05) is 12.3 Å². The summed E-state index contributed by atoms with van der Waals surface area (Å²) in [7, 11) is 0. The molecule has 0 N–H and O–H groups in total. The number of rotatable bonds is 1. The Labute approximate surface area is 82.3 Å². The van der Waals surface area contributed by atoms with Gasteiger partial charge in [0.15, 0.2) is 0 Å². The Hall–Kier alpha value is -1.64. The highest BCUT2D eigenvalue weighted by Gasteiger charge is 2.36. The molecule has 0 aliphatic carbocycles. The molecule has 3 heteroatoms. The molecule has 1 fully saturated rings. The molecule has 2 rings (SSSR count). The van der Waals surface area contributed by atoms with E-state index in [0.29, 0.717) is 12.1 Å². The Bertz CT molecular complexity index is 372. The number of imide groups is 1. The second kappa shape index (κ2) is 3.25. The number of amides is 2. The average molecular weight is 189 g/mol. The topological polar surface area (TPSA) is 37.4 Å². The summed E-state index contributed by atoms with van der Waals surface area (Å²) in [6.45, 7) is 1.78. The fourth-order valence-electron chi connectivity index (χ4n) is 1.63. The van der Waals surface area contributed by atoms with Crippen LogP contribution >= 0.6 is 0 Å². The van der Waals surface area contributed by atoms with Gasteiger partial charge in [0.05, 0.1) is 5.69 Å². The van der Waals surface area contributed by atoms with Gasteiger partial charge in [0.25, 0.3) is 0 Å². The van der Waals surface area contributed by atoms with E-state index in [0.717, 1.165) is 0 Å². The monoisotopic (exact) mass is 189 g/mol. The van der Waals surface area contributed by atoms with Crippen LogP contribution in [0.1, 0.15) is 13.3 Å². The fraction of sp³-hybridized carbons (Fsp3) is 0.273. The Morgan fingerprint density at radius 1 is 1.21 bits per heavy atom. The van der Waals surface area contributed by atoms with Crippen molar-refractivity contribution in [2.45, 2.75) is 13.3 Å². The minimum Gasteiger partial charge on any atom is -0.274 e. The number of para-hydroxylation sites is 1. The van der Waals surface area contributed by atoms with E-state index in [4.69, 9.17) is 0 Å². The van der Waals surface area contributed by atoms with Crippen LogP contribution in [0.4, 0.5) is 5.69 Å². The van der Waals surface area contributed by atoms with E-state index in [1.807, 2.05) is 18.2 Å². The van der Waals surface area contributed by atoms with E-state index in [-0.39, 0.29) is 17.7 Å². The summed E-state index contributed by atoms with van der Waals surface area (Å²) in [5, 5.41) is 0. The number of benzene rings is 1. The molecule has 3 nitrogen and oxygen atoms in total. The second-order valence-electron chi connectivity index (χ2n) is 3.51. The van der Waals surface area contributed by atoms with Gasteiger partial charge in [0.2, 0.25) is 11.8 Å². The molecule has 1 aromatic carbocycles. The predicted molar refractivity (Wildman–Crippen MR) is 52.7 cm³/mol. The zero-order valence-corrected chi connectivity index (χ0v) is 7.93. The van der Waals surface area contributed by atoms with E-state index >= 15 is 0 Å². The second-order valence-corrected chi connectivity index (χ2v) is 3.51. The van der Waals surface area contributed by atoms with E-state index in [2.05, 4.69) is 0 Å². The molecule has 1 aliphatic heterocycles. The van der Waals surface area contributed by atoms with Gasteiger partial charge in [-0.25, -0.2) is 0 Å². The van der Waals surface area contributed by atoms with Crippen molar-refractivity contribution in [2.75, 3.05) is 4.90 Å². The lowest BCUT2D eigenvalue weighted by atomic mass is 10.1. The van der Waals surface area contributed by atoms with Gasteiger partial charge in [0.1, 0.15) is 0 Å². The first-order valence-corrected chi connectivity index (χ1v) is 4.62. The highest BCUT2D eigenvalue weighted by Crippen LogP contribution is 2.25. The smallest absolute Gasteiger partial charge is 0.237 e. The maximum absolute atomic E-state index is 11.6. The van der Waals surface area contributed by atoms with Gasteiger partial charge < -0.3 is 0 Å². The molecule has 1 unspecified atom stereocenters. The van der Waals surface area contributed by atoms with Crippen molar-refractivity contribution in [3.63, 3.8) is 0 Å². The van der Waals surface area contributed by atoms with Gasteiger partial charge in [-0.3, -0.25) is 14.5 Å². The van der Waals surface area contributed by atoms with E-state index < -0.39 is 0 Å². The van der Waals surface area contributed by atoms with Gasteiger partial charge >= 0.3 is 0 Å². The van der Waals surface area contributed by atoms with E-state index in [1.165, 1.54) is 4.90 Å². The molecule has 0 saturated carbocycles. The third-order valence-corrected chi connectivity index (χ3v) is 2.39. The van der Waals surface area contributed by atoms with Crippen molar-refractivity contribution in [1.82, 2.24) is 0 Å². The first kappa shape index (κ1) is 8.94. The molecule has 1 saturated heterocycles. The van der Waals surface area contributed by atoms with Crippen molar-refractivity contribution in [3.05, 3.63) is 30.3 Å². The third kappa shape index (κ3) is 1.31. The van der Waals surface area contributed by atoms with E-state index in [9.17, 15) is 9.59 Å². The SMILES string of the molecule is CC1CC(=O)N(c2ccccc2)C1=O. The van der Waals surface area contributed by atoms with Crippen LogP contribution in [0.3, 0.4) is 0 Å². The largest absolute Gasteiger partial charge is 0.274 e. The molecule has 1 aromatic rings. The van der Waals surface area contributed by atoms with Crippen molar-refractivity contribution in [2.24, 2.45) is 5.92 Å². The number of nitrogens with zero attached hydrogens (tertiary/aromatic N) is 1. The fourth-order valence-corrected chi connectivity index (χ4v) is 1.63. The lowest BCUT2D eigenvalue weighted by molar-refractivity contribution is -0.122. The summed E-state index contributed by atoms with van der Waals surface area (Å²) < 4.78 is 0. The normalized spacial score (nSPS) is 21.8. The van der Waals surface area contributed by atoms with Crippen molar-refractivity contribution >= 4 is 17.5 Å². The number of anilines is 1. The lowest BCUT2D eigenvalue weighted by Crippen LogP contribution is -2.29. The number of hydrogen-bond donors (Lipinski definition) is 0. The lowest BCUT2D eigenvalue weighted by Gasteiger charge is -2.13. The summed E-state index contributed by atoms with van der Waals surface area (Å²) in [5.74, 6) is -0.377.